The molecule has 0 aromatic heterocycles. The number of halogens is 1. The van der Waals surface area contributed by atoms with Gasteiger partial charge in [0.1, 0.15) is 0 Å². The Morgan fingerprint density at radius 3 is 2.11 bits per heavy atom. The van der Waals surface area contributed by atoms with Crippen LogP contribution in [0.3, 0.4) is 0 Å². The fraction of sp³-hybridized carbons (Fsp3) is 0.632. The first-order valence-corrected chi connectivity index (χ1v) is 11.0. The van der Waals surface area contributed by atoms with E-state index in [1.54, 1.807) is 24.3 Å². The van der Waals surface area contributed by atoms with Crippen LogP contribution in [0.2, 0.25) is 0 Å². The van der Waals surface area contributed by atoms with Crippen molar-refractivity contribution < 1.29 is 13.2 Å². The molecule has 0 radical (unpaired) electrons. The molecule has 1 saturated heterocycles. The summed E-state index contributed by atoms with van der Waals surface area (Å²) in [5, 5.41) is 3.33. The molecule has 0 saturated carbocycles. The lowest BCUT2D eigenvalue weighted by Crippen LogP contribution is -2.46. The highest BCUT2D eigenvalue weighted by molar-refractivity contribution is 7.89. The molecule has 2 rings (SSSR count). The molecule has 0 spiro atoms. The van der Waals surface area contributed by atoms with Crippen LogP contribution in [-0.4, -0.2) is 62.3 Å². The van der Waals surface area contributed by atoms with Crippen LogP contribution in [0.4, 0.5) is 0 Å². The molecular formula is C19H32ClN3O3S. The highest BCUT2D eigenvalue weighted by Gasteiger charge is 2.26. The number of nitrogens with one attached hydrogen (secondary N) is 1. The van der Waals surface area contributed by atoms with Gasteiger partial charge in [-0.05, 0) is 56.6 Å². The van der Waals surface area contributed by atoms with Crippen LogP contribution in [-0.2, 0) is 10.0 Å². The first-order chi connectivity index (χ1) is 12.5. The van der Waals surface area contributed by atoms with Crippen molar-refractivity contribution in [2.45, 2.75) is 51.0 Å². The van der Waals surface area contributed by atoms with Gasteiger partial charge in [-0.2, -0.15) is 4.31 Å². The lowest BCUT2D eigenvalue weighted by atomic mass is 10.0. The van der Waals surface area contributed by atoms with E-state index in [2.05, 4.69) is 12.2 Å². The molecule has 154 valence electrons. The average Bonchev–Trinajstić information content (AvgIpc) is 2.67. The summed E-state index contributed by atoms with van der Waals surface area (Å²) in [5.41, 5.74) is 0.551. The number of hydrogen-bond donors (Lipinski definition) is 1. The zero-order valence-corrected chi connectivity index (χ0v) is 18.1. The van der Waals surface area contributed by atoms with Crippen LogP contribution in [0.15, 0.2) is 29.2 Å². The minimum Gasteiger partial charge on any atom is -0.336 e. The number of carbonyl (C=O) groups excluding carboxylic acids is 1. The van der Waals surface area contributed by atoms with Gasteiger partial charge in [0, 0.05) is 31.2 Å². The zero-order valence-electron chi connectivity index (χ0n) is 16.5. The van der Waals surface area contributed by atoms with Crippen LogP contribution in [0.25, 0.3) is 0 Å². The van der Waals surface area contributed by atoms with Crippen molar-refractivity contribution >= 4 is 28.3 Å². The molecule has 27 heavy (non-hydrogen) atoms. The van der Waals surface area contributed by atoms with Crippen LogP contribution in [0.1, 0.15) is 50.4 Å². The molecule has 1 N–H and O–H groups in total. The Bertz CT molecular complexity index is 685. The quantitative estimate of drug-likeness (QED) is 0.706. The first-order valence-electron chi connectivity index (χ1n) is 9.57. The van der Waals surface area contributed by atoms with Crippen molar-refractivity contribution in [3.8, 4) is 0 Å². The van der Waals surface area contributed by atoms with Crippen molar-refractivity contribution in [1.29, 1.82) is 0 Å². The maximum atomic E-state index is 13.0. The molecule has 1 aliphatic heterocycles. The van der Waals surface area contributed by atoms with E-state index in [4.69, 9.17) is 0 Å². The topological polar surface area (TPSA) is 69.7 Å². The van der Waals surface area contributed by atoms with Crippen molar-refractivity contribution in [2.24, 2.45) is 0 Å². The van der Waals surface area contributed by atoms with E-state index in [0.29, 0.717) is 18.7 Å². The van der Waals surface area contributed by atoms with Gasteiger partial charge in [-0.1, -0.05) is 20.8 Å². The SMILES string of the molecule is CCCN(C(=O)c1ccc(S(=O)(=O)N(CC)CC)cc1)C1CCNCC1.Cl. The van der Waals surface area contributed by atoms with E-state index >= 15 is 0 Å². The van der Waals surface area contributed by atoms with E-state index in [-0.39, 0.29) is 29.3 Å². The van der Waals surface area contributed by atoms with E-state index in [1.807, 2.05) is 18.7 Å². The van der Waals surface area contributed by atoms with Gasteiger partial charge in [0.05, 0.1) is 4.90 Å². The number of hydrogen-bond acceptors (Lipinski definition) is 4. The van der Waals surface area contributed by atoms with Crippen LogP contribution < -0.4 is 5.32 Å². The fourth-order valence-corrected chi connectivity index (χ4v) is 4.92. The Morgan fingerprint density at radius 2 is 1.63 bits per heavy atom. The third-order valence-corrected chi connectivity index (χ3v) is 6.98. The number of benzene rings is 1. The summed E-state index contributed by atoms with van der Waals surface area (Å²) < 4.78 is 26.6. The first kappa shape index (κ1) is 23.9. The predicted octanol–water partition coefficient (Wildman–Crippen LogP) is 2.74. The molecule has 8 heteroatoms. The van der Waals surface area contributed by atoms with Crippen molar-refractivity contribution in [1.82, 2.24) is 14.5 Å². The standard InChI is InChI=1S/C19H31N3O3S.ClH/c1-4-15-22(17-11-13-20-14-12-17)19(23)16-7-9-18(10-8-16)26(24,25)21(5-2)6-3;/h7-10,17,20H,4-6,11-15H2,1-3H3;1H. The Kier molecular flexibility index (Phi) is 9.73. The Labute approximate surface area is 169 Å². The third kappa shape index (κ3) is 5.67. The summed E-state index contributed by atoms with van der Waals surface area (Å²) in [7, 11) is -3.49. The second-order valence-electron chi connectivity index (χ2n) is 6.59. The maximum absolute atomic E-state index is 13.0. The number of sulfonamides is 1. The smallest absolute Gasteiger partial charge is 0.254 e. The van der Waals surface area contributed by atoms with Gasteiger partial charge in [-0.25, -0.2) is 8.42 Å². The molecule has 0 unspecified atom stereocenters. The molecule has 1 aromatic carbocycles. The van der Waals surface area contributed by atoms with Crippen LogP contribution >= 0.6 is 12.4 Å². The summed E-state index contributed by atoms with van der Waals surface area (Å²) in [6.07, 6.45) is 2.82. The Hall–Kier alpha value is -1.15. The van der Waals surface area contributed by atoms with Gasteiger partial charge >= 0.3 is 0 Å². The largest absolute Gasteiger partial charge is 0.336 e. The van der Waals surface area contributed by atoms with Crippen molar-refractivity contribution in [3.05, 3.63) is 29.8 Å². The molecule has 1 heterocycles. The Balaban J connectivity index is 0.00000364. The van der Waals surface area contributed by atoms with E-state index in [1.165, 1.54) is 4.31 Å². The predicted molar refractivity (Wildman–Crippen MR) is 111 cm³/mol. The summed E-state index contributed by atoms with van der Waals surface area (Å²) in [6.45, 7) is 9.16. The molecule has 1 aliphatic rings. The zero-order chi connectivity index (χ0) is 19.2. The minimum absolute atomic E-state index is 0. The fourth-order valence-electron chi connectivity index (χ4n) is 3.46. The van der Waals surface area contributed by atoms with Crippen molar-refractivity contribution in [3.63, 3.8) is 0 Å². The maximum Gasteiger partial charge on any atom is 0.254 e. The lowest BCUT2D eigenvalue weighted by molar-refractivity contribution is 0.0642. The summed E-state index contributed by atoms with van der Waals surface area (Å²) in [6, 6.07) is 6.63. The van der Waals surface area contributed by atoms with Gasteiger partial charge < -0.3 is 10.2 Å². The third-order valence-electron chi connectivity index (χ3n) is 4.92. The molecule has 1 amide bonds. The highest BCUT2D eigenvalue weighted by atomic mass is 35.5. The van der Waals surface area contributed by atoms with E-state index < -0.39 is 10.0 Å². The second kappa shape index (κ2) is 11.0. The molecule has 0 bridgehead atoms. The molecule has 0 atom stereocenters. The average molecular weight is 418 g/mol. The second-order valence-corrected chi connectivity index (χ2v) is 8.53. The number of amides is 1. The van der Waals surface area contributed by atoms with Crippen LogP contribution in [0, 0.1) is 0 Å². The Morgan fingerprint density at radius 1 is 1.07 bits per heavy atom. The molecule has 0 aliphatic carbocycles. The van der Waals surface area contributed by atoms with Gasteiger partial charge in [-0.15, -0.1) is 12.4 Å². The number of piperidine rings is 1. The molecular weight excluding hydrogens is 386 g/mol. The molecule has 1 aromatic rings. The van der Waals surface area contributed by atoms with Gasteiger partial charge in [-0.3, -0.25) is 4.79 Å². The summed E-state index contributed by atoms with van der Waals surface area (Å²) in [4.78, 5) is 15.2. The number of nitrogens with zero attached hydrogens (tertiary/aromatic N) is 2. The van der Waals surface area contributed by atoms with Gasteiger partial charge in [0.25, 0.3) is 5.91 Å². The lowest BCUT2D eigenvalue weighted by Gasteiger charge is -2.34. The van der Waals surface area contributed by atoms with Crippen LogP contribution in [0.5, 0.6) is 0 Å². The number of rotatable bonds is 8. The molecule has 6 nitrogen and oxygen atoms in total. The van der Waals surface area contributed by atoms with Crippen molar-refractivity contribution in [2.75, 3.05) is 32.7 Å². The summed E-state index contributed by atoms with van der Waals surface area (Å²) in [5.74, 6) is -0.00876. The highest BCUT2D eigenvalue weighted by Crippen LogP contribution is 2.20. The monoisotopic (exact) mass is 417 g/mol. The molecule has 1 fully saturated rings. The van der Waals surface area contributed by atoms with Gasteiger partial charge in [0.15, 0.2) is 0 Å². The van der Waals surface area contributed by atoms with Gasteiger partial charge in [0.2, 0.25) is 10.0 Å². The number of carbonyl (C=O) groups is 1. The normalized spacial score (nSPS) is 15.4. The van der Waals surface area contributed by atoms with E-state index in [9.17, 15) is 13.2 Å². The summed E-state index contributed by atoms with van der Waals surface area (Å²) >= 11 is 0. The minimum atomic E-state index is -3.49. The van der Waals surface area contributed by atoms with E-state index in [0.717, 1.165) is 38.9 Å².